The molecule has 0 bridgehead atoms. The molecule has 0 unspecified atom stereocenters. The number of quaternary nitrogens is 1. The van der Waals surface area contributed by atoms with Crippen LogP contribution in [-0.2, 0) is 17.9 Å². The van der Waals surface area contributed by atoms with Crippen LogP contribution in [-0.4, -0.2) is 40.6 Å². The minimum atomic E-state index is -0.228. The fourth-order valence-electron chi connectivity index (χ4n) is 3.07. The van der Waals surface area contributed by atoms with Crippen molar-refractivity contribution in [2.45, 2.75) is 26.0 Å². The second kappa shape index (κ2) is 9.15. The van der Waals surface area contributed by atoms with Gasteiger partial charge in [0.1, 0.15) is 18.8 Å². The lowest BCUT2D eigenvalue weighted by molar-refractivity contribution is -0.387. The molecule has 1 aromatic heterocycles. The molecule has 2 aromatic rings. The maximum Gasteiger partial charge on any atom is 0.410 e. The maximum absolute atomic E-state index is 12.2. The Morgan fingerprint density at radius 1 is 1.19 bits per heavy atom. The van der Waals surface area contributed by atoms with Crippen LogP contribution in [0.1, 0.15) is 24.1 Å². The standard InChI is InChI=1S/C19H25N5O2/c20-12-17-18(22-9-8-21-17)23-13-15-6-10-24(11-7-15)19(25)26-14-16-4-2-1-3-5-16/h1-5,8-9,15H,6-7,10-14,20H2,(H,22,23)/p+1. The molecule has 1 aliphatic rings. The number of carbonyl (C=O) groups excluding carboxylic acids is 1. The van der Waals surface area contributed by atoms with Crippen LogP contribution in [0.4, 0.5) is 10.6 Å². The van der Waals surface area contributed by atoms with Crippen LogP contribution in [0.2, 0.25) is 0 Å². The van der Waals surface area contributed by atoms with Crippen molar-refractivity contribution in [1.29, 1.82) is 0 Å². The number of hydrogen-bond acceptors (Lipinski definition) is 5. The Labute approximate surface area is 153 Å². The van der Waals surface area contributed by atoms with Crippen LogP contribution in [0.25, 0.3) is 0 Å². The molecule has 1 saturated heterocycles. The predicted molar refractivity (Wildman–Crippen MR) is 98.0 cm³/mol. The van der Waals surface area contributed by atoms with E-state index in [1.54, 1.807) is 17.3 Å². The average molecular weight is 356 g/mol. The van der Waals surface area contributed by atoms with Gasteiger partial charge in [0.05, 0.1) is 0 Å². The number of nitrogens with zero attached hydrogens (tertiary/aromatic N) is 3. The van der Waals surface area contributed by atoms with Crippen molar-refractivity contribution >= 4 is 11.9 Å². The van der Waals surface area contributed by atoms with Gasteiger partial charge < -0.3 is 20.7 Å². The van der Waals surface area contributed by atoms with Crippen LogP contribution in [0, 0.1) is 5.92 Å². The van der Waals surface area contributed by atoms with E-state index in [4.69, 9.17) is 4.74 Å². The Kier molecular flexibility index (Phi) is 6.38. The summed E-state index contributed by atoms with van der Waals surface area (Å²) in [6.45, 7) is 3.22. The normalized spacial score (nSPS) is 14.9. The highest BCUT2D eigenvalue weighted by molar-refractivity contribution is 5.67. The largest absolute Gasteiger partial charge is 0.445 e. The number of carbonyl (C=O) groups is 1. The highest BCUT2D eigenvalue weighted by atomic mass is 16.6. The first-order chi connectivity index (χ1) is 12.8. The van der Waals surface area contributed by atoms with Crippen molar-refractivity contribution in [3.8, 4) is 0 Å². The highest BCUT2D eigenvalue weighted by Crippen LogP contribution is 2.19. The highest BCUT2D eigenvalue weighted by Gasteiger charge is 2.24. The maximum atomic E-state index is 12.2. The summed E-state index contributed by atoms with van der Waals surface area (Å²) >= 11 is 0. The van der Waals surface area contributed by atoms with Crippen LogP contribution in [0.3, 0.4) is 0 Å². The van der Waals surface area contributed by atoms with E-state index in [-0.39, 0.29) is 6.09 Å². The molecule has 7 nitrogen and oxygen atoms in total. The van der Waals surface area contributed by atoms with Crippen LogP contribution in [0.15, 0.2) is 42.7 Å². The summed E-state index contributed by atoms with van der Waals surface area (Å²) in [6, 6.07) is 9.75. The molecule has 1 aromatic carbocycles. The summed E-state index contributed by atoms with van der Waals surface area (Å²) in [5, 5.41) is 3.38. The topological polar surface area (TPSA) is 95.0 Å². The van der Waals surface area contributed by atoms with E-state index in [1.165, 1.54) is 0 Å². The Morgan fingerprint density at radius 2 is 1.92 bits per heavy atom. The van der Waals surface area contributed by atoms with E-state index in [9.17, 15) is 4.79 Å². The van der Waals surface area contributed by atoms with E-state index in [0.29, 0.717) is 19.1 Å². The van der Waals surface area contributed by atoms with Crippen molar-refractivity contribution in [1.82, 2.24) is 14.9 Å². The quantitative estimate of drug-likeness (QED) is 0.821. The van der Waals surface area contributed by atoms with Gasteiger partial charge in [-0.1, -0.05) is 30.3 Å². The zero-order valence-corrected chi connectivity index (χ0v) is 14.9. The summed E-state index contributed by atoms with van der Waals surface area (Å²) in [7, 11) is 0. The number of ether oxygens (including phenoxy) is 1. The molecule has 4 N–H and O–H groups in total. The predicted octanol–water partition coefficient (Wildman–Crippen LogP) is 1.68. The third-order valence-electron chi connectivity index (χ3n) is 4.65. The minimum absolute atomic E-state index is 0.228. The Morgan fingerprint density at radius 3 is 2.65 bits per heavy atom. The van der Waals surface area contributed by atoms with Gasteiger partial charge in [0.25, 0.3) is 0 Å². The summed E-state index contributed by atoms with van der Waals surface area (Å²) in [4.78, 5) is 22.6. The van der Waals surface area contributed by atoms with Gasteiger partial charge in [0.2, 0.25) is 0 Å². The second-order valence-corrected chi connectivity index (χ2v) is 6.45. The van der Waals surface area contributed by atoms with Gasteiger partial charge in [0, 0.05) is 32.0 Å². The number of rotatable bonds is 6. The molecule has 138 valence electrons. The Balaban J connectivity index is 1.40. The monoisotopic (exact) mass is 356 g/mol. The number of anilines is 1. The average Bonchev–Trinajstić information content (AvgIpc) is 2.72. The van der Waals surface area contributed by atoms with Crippen molar-refractivity contribution < 1.29 is 15.3 Å². The van der Waals surface area contributed by atoms with Crippen LogP contribution >= 0.6 is 0 Å². The molecule has 1 aliphatic heterocycles. The van der Waals surface area contributed by atoms with Gasteiger partial charge in [-0.25, -0.2) is 14.8 Å². The lowest BCUT2D eigenvalue weighted by Crippen LogP contribution is -2.48. The van der Waals surface area contributed by atoms with E-state index < -0.39 is 0 Å². The molecule has 0 spiro atoms. The molecule has 0 aliphatic carbocycles. The van der Waals surface area contributed by atoms with Gasteiger partial charge in [-0.3, -0.25) is 0 Å². The Hall–Kier alpha value is -2.67. The van der Waals surface area contributed by atoms with Crippen molar-refractivity contribution in [2.24, 2.45) is 5.92 Å². The summed E-state index contributed by atoms with van der Waals surface area (Å²) < 4.78 is 5.41. The van der Waals surface area contributed by atoms with Gasteiger partial charge in [-0.15, -0.1) is 0 Å². The first-order valence-corrected chi connectivity index (χ1v) is 9.05. The lowest BCUT2D eigenvalue weighted by Gasteiger charge is -2.31. The van der Waals surface area contributed by atoms with Crippen LogP contribution in [0.5, 0.6) is 0 Å². The van der Waals surface area contributed by atoms with Crippen molar-refractivity contribution in [2.75, 3.05) is 25.0 Å². The summed E-state index contributed by atoms with van der Waals surface area (Å²) in [5.41, 5.74) is 5.77. The van der Waals surface area contributed by atoms with E-state index in [1.807, 2.05) is 30.3 Å². The SMILES string of the molecule is [NH3+]Cc1nccnc1NCC1CCN(C(=O)OCc2ccccc2)CC1. The molecule has 7 heteroatoms. The zero-order valence-electron chi connectivity index (χ0n) is 14.9. The minimum Gasteiger partial charge on any atom is -0.445 e. The van der Waals surface area contributed by atoms with Gasteiger partial charge in [-0.2, -0.15) is 0 Å². The lowest BCUT2D eigenvalue weighted by atomic mass is 9.97. The Bertz CT molecular complexity index is 702. The number of nitrogens with one attached hydrogen (secondary N) is 1. The first kappa shape index (κ1) is 18.1. The molecular weight excluding hydrogens is 330 g/mol. The zero-order chi connectivity index (χ0) is 18.2. The molecule has 2 heterocycles. The van der Waals surface area contributed by atoms with Gasteiger partial charge in [-0.05, 0) is 24.3 Å². The molecule has 1 amide bonds. The number of piperidine rings is 1. The molecular formula is C19H26N5O2+. The number of aromatic nitrogens is 2. The summed E-state index contributed by atoms with van der Waals surface area (Å²) in [6.07, 6.45) is 5.05. The molecule has 0 atom stereocenters. The number of amides is 1. The first-order valence-electron chi connectivity index (χ1n) is 9.05. The molecule has 0 saturated carbocycles. The van der Waals surface area contributed by atoms with Gasteiger partial charge in [0.15, 0.2) is 5.82 Å². The smallest absolute Gasteiger partial charge is 0.410 e. The molecule has 1 fully saturated rings. The van der Waals surface area contributed by atoms with E-state index in [0.717, 1.165) is 49.6 Å². The second-order valence-electron chi connectivity index (χ2n) is 6.45. The molecule has 0 radical (unpaired) electrons. The summed E-state index contributed by atoms with van der Waals surface area (Å²) in [5.74, 6) is 1.32. The fraction of sp³-hybridized carbons (Fsp3) is 0.421. The van der Waals surface area contributed by atoms with Gasteiger partial charge >= 0.3 is 6.09 Å². The number of hydrogen-bond donors (Lipinski definition) is 2. The molecule has 3 rings (SSSR count). The van der Waals surface area contributed by atoms with E-state index in [2.05, 4.69) is 21.0 Å². The number of likely N-dealkylation sites (tertiary alicyclic amines) is 1. The van der Waals surface area contributed by atoms with E-state index >= 15 is 0 Å². The third-order valence-corrected chi connectivity index (χ3v) is 4.65. The van der Waals surface area contributed by atoms with Crippen molar-refractivity contribution in [3.05, 3.63) is 54.0 Å². The fourth-order valence-corrected chi connectivity index (χ4v) is 3.07. The third kappa shape index (κ3) is 4.92. The number of benzene rings is 1. The van der Waals surface area contributed by atoms with Crippen molar-refractivity contribution in [3.63, 3.8) is 0 Å². The van der Waals surface area contributed by atoms with Crippen LogP contribution < -0.4 is 11.1 Å². The molecule has 26 heavy (non-hydrogen) atoms.